The number of hydrogen-bond donors (Lipinski definition) is 1. The number of ether oxygens (including phenoxy) is 1. The van der Waals surface area contributed by atoms with Gasteiger partial charge in [-0.2, -0.15) is 0 Å². The van der Waals surface area contributed by atoms with Gasteiger partial charge in [0.05, 0.1) is 24.2 Å². The molecule has 0 spiro atoms. The highest BCUT2D eigenvalue weighted by Crippen LogP contribution is 2.28. The van der Waals surface area contributed by atoms with Crippen molar-refractivity contribution in [2.75, 3.05) is 12.4 Å². The van der Waals surface area contributed by atoms with Crippen molar-refractivity contribution in [1.29, 1.82) is 0 Å². The molecular weight excluding hydrogens is 364 g/mol. The van der Waals surface area contributed by atoms with E-state index in [2.05, 4.69) is 31.0 Å². The summed E-state index contributed by atoms with van der Waals surface area (Å²) in [5.74, 6) is -0.229. The third kappa shape index (κ3) is 4.19. The number of carbonyl (C=O) groups is 1. The van der Waals surface area contributed by atoms with E-state index in [9.17, 15) is 4.79 Å². The van der Waals surface area contributed by atoms with Crippen molar-refractivity contribution < 1.29 is 9.53 Å². The van der Waals surface area contributed by atoms with Crippen LogP contribution in [0.1, 0.15) is 12.1 Å². The molecule has 2 aromatic rings. The number of benzene rings is 1. The van der Waals surface area contributed by atoms with E-state index in [0.717, 1.165) is 21.0 Å². The van der Waals surface area contributed by atoms with Crippen LogP contribution in [0, 0.1) is 0 Å². The third-order valence-corrected chi connectivity index (χ3v) is 4.57. The van der Waals surface area contributed by atoms with Gasteiger partial charge in [-0.3, -0.25) is 4.79 Å². The molecule has 0 aliphatic heterocycles. The highest BCUT2D eigenvalue weighted by molar-refractivity contribution is 9.10. The van der Waals surface area contributed by atoms with Crippen LogP contribution in [-0.4, -0.2) is 18.1 Å². The second-order valence-corrected chi connectivity index (χ2v) is 6.09. The molecule has 0 amide bonds. The van der Waals surface area contributed by atoms with Gasteiger partial charge in [-0.25, -0.2) is 4.98 Å². The smallest absolute Gasteiger partial charge is 0.305 e. The largest absolute Gasteiger partial charge is 0.469 e. The topological polar surface area (TPSA) is 51.2 Å². The predicted octanol–water partition coefficient (Wildman–Crippen LogP) is 4.41. The van der Waals surface area contributed by atoms with E-state index >= 15 is 0 Å². The lowest BCUT2D eigenvalue weighted by Crippen LogP contribution is -2.02. The first kappa shape index (κ1) is 15.3. The summed E-state index contributed by atoms with van der Waals surface area (Å²) in [6, 6.07) is 5.60. The Balaban J connectivity index is 1.98. The van der Waals surface area contributed by atoms with Gasteiger partial charge in [0.25, 0.3) is 0 Å². The molecule has 1 aromatic heterocycles. The summed E-state index contributed by atoms with van der Waals surface area (Å²) >= 11 is 10.9. The van der Waals surface area contributed by atoms with E-state index in [4.69, 9.17) is 11.6 Å². The van der Waals surface area contributed by atoms with Crippen LogP contribution >= 0.6 is 38.9 Å². The van der Waals surface area contributed by atoms with Gasteiger partial charge < -0.3 is 10.1 Å². The van der Waals surface area contributed by atoms with Crippen molar-refractivity contribution in [2.24, 2.45) is 0 Å². The number of methoxy groups -OCH3 is 1. The molecule has 0 fully saturated rings. The van der Waals surface area contributed by atoms with E-state index in [1.807, 2.05) is 23.6 Å². The average molecular weight is 376 g/mol. The average Bonchev–Trinajstić information content (AvgIpc) is 2.88. The number of halogens is 2. The van der Waals surface area contributed by atoms with E-state index in [1.165, 1.54) is 18.4 Å². The number of nitrogens with zero attached hydrogens (tertiary/aromatic N) is 1. The zero-order chi connectivity index (χ0) is 14.5. The highest BCUT2D eigenvalue weighted by atomic mass is 79.9. The first-order valence-corrected chi connectivity index (χ1v) is 7.87. The van der Waals surface area contributed by atoms with Crippen molar-refractivity contribution in [3.63, 3.8) is 0 Å². The molecule has 20 heavy (non-hydrogen) atoms. The number of hydrogen-bond acceptors (Lipinski definition) is 5. The van der Waals surface area contributed by atoms with E-state index < -0.39 is 0 Å². The number of anilines is 2. The third-order valence-electron chi connectivity index (χ3n) is 2.54. The Bertz CT molecular complexity index is 618. The minimum atomic E-state index is -0.229. The maximum atomic E-state index is 11.1. The fourth-order valence-electron chi connectivity index (χ4n) is 1.51. The van der Waals surface area contributed by atoms with E-state index in [-0.39, 0.29) is 5.97 Å². The van der Waals surface area contributed by atoms with Crippen molar-refractivity contribution in [1.82, 2.24) is 4.98 Å². The zero-order valence-electron chi connectivity index (χ0n) is 10.7. The Morgan fingerprint density at radius 1 is 1.55 bits per heavy atom. The molecule has 1 N–H and O–H groups in total. The predicted molar refractivity (Wildman–Crippen MR) is 84.9 cm³/mol. The molecule has 0 radical (unpaired) electrons. The van der Waals surface area contributed by atoms with Gasteiger partial charge in [0.1, 0.15) is 0 Å². The molecule has 1 heterocycles. The van der Waals surface area contributed by atoms with Crippen LogP contribution in [0.5, 0.6) is 0 Å². The number of rotatable bonds is 5. The van der Waals surface area contributed by atoms with Crippen molar-refractivity contribution >= 4 is 55.7 Å². The van der Waals surface area contributed by atoms with Crippen LogP contribution in [0.4, 0.5) is 10.8 Å². The summed E-state index contributed by atoms with van der Waals surface area (Å²) in [5, 5.41) is 6.51. The number of thiazole rings is 1. The summed E-state index contributed by atoms with van der Waals surface area (Å²) in [7, 11) is 1.38. The second kappa shape index (κ2) is 7.06. The molecule has 0 bridgehead atoms. The SMILES string of the molecule is COC(=O)CCc1csc(Nc2ccc(Br)c(Cl)c2)n1. The second-order valence-electron chi connectivity index (χ2n) is 3.97. The normalized spacial score (nSPS) is 10.3. The molecule has 0 saturated heterocycles. The van der Waals surface area contributed by atoms with Crippen LogP contribution in [0.15, 0.2) is 28.1 Å². The highest BCUT2D eigenvalue weighted by Gasteiger charge is 2.07. The molecule has 4 nitrogen and oxygen atoms in total. The number of aromatic nitrogens is 1. The van der Waals surface area contributed by atoms with Crippen LogP contribution in [0.2, 0.25) is 5.02 Å². The van der Waals surface area contributed by atoms with Gasteiger partial charge in [-0.05, 0) is 34.1 Å². The summed E-state index contributed by atoms with van der Waals surface area (Å²) < 4.78 is 5.45. The summed E-state index contributed by atoms with van der Waals surface area (Å²) in [6.07, 6.45) is 0.912. The molecule has 0 unspecified atom stereocenters. The van der Waals surface area contributed by atoms with E-state index in [0.29, 0.717) is 17.9 Å². The Kier molecular flexibility index (Phi) is 5.39. The first-order valence-electron chi connectivity index (χ1n) is 5.82. The standard InChI is InChI=1S/C13H12BrClN2O2S/c1-19-12(18)5-3-9-7-20-13(17-9)16-8-2-4-10(14)11(15)6-8/h2,4,6-7H,3,5H2,1H3,(H,16,17). The van der Waals surface area contributed by atoms with Gasteiger partial charge in [0.2, 0.25) is 0 Å². The van der Waals surface area contributed by atoms with Gasteiger partial charge in [-0.15, -0.1) is 11.3 Å². The van der Waals surface area contributed by atoms with Gasteiger partial charge >= 0.3 is 5.97 Å². The molecular formula is C13H12BrClN2O2S. The molecule has 0 saturated carbocycles. The molecule has 2 rings (SSSR count). The maximum absolute atomic E-state index is 11.1. The van der Waals surface area contributed by atoms with Crippen molar-refractivity contribution in [3.8, 4) is 0 Å². The molecule has 106 valence electrons. The van der Waals surface area contributed by atoms with Crippen molar-refractivity contribution in [3.05, 3.63) is 38.8 Å². The summed E-state index contributed by atoms with van der Waals surface area (Å²) in [6.45, 7) is 0. The van der Waals surface area contributed by atoms with Crippen LogP contribution < -0.4 is 5.32 Å². The monoisotopic (exact) mass is 374 g/mol. The summed E-state index contributed by atoms with van der Waals surface area (Å²) in [5.41, 5.74) is 1.73. The Morgan fingerprint density at radius 3 is 3.05 bits per heavy atom. The van der Waals surface area contributed by atoms with Gasteiger partial charge in [0.15, 0.2) is 5.13 Å². The van der Waals surface area contributed by atoms with Crippen molar-refractivity contribution in [2.45, 2.75) is 12.8 Å². The number of aryl methyl sites for hydroxylation is 1. The fourth-order valence-corrected chi connectivity index (χ4v) is 2.70. The van der Waals surface area contributed by atoms with Crippen LogP contribution in [0.25, 0.3) is 0 Å². The number of esters is 1. The lowest BCUT2D eigenvalue weighted by Gasteiger charge is -2.03. The number of carbonyl (C=O) groups excluding carboxylic acids is 1. The van der Waals surface area contributed by atoms with Gasteiger partial charge in [0, 0.05) is 22.0 Å². The summed E-state index contributed by atoms with van der Waals surface area (Å²) in [4.78, 5) is 15.5. The molecule has 0 aliphatic rings. The number of nitrogens with one attached hydrogen (secondary N) is 1. The minimum absolute atomic E-state index is 0.229. The molecule has 0 aliphatic carbocycles. The molecule has 7 heteroatoms. The van der Waals surface area contributed by atoms with Crippen LogP contribution in [0.3, 0.4) is 0 Å². The Hall–Kier alpha value is -1.11. The fraction of sp³-hybridized carbons (Fsp3) is 0.231. The first-order chi connectivity index (χ1) is 9.58. The molecule has 1 aromatic carbocycles. The Labute approximate surface area is 134 Å². The Morgan fingerprint density at radius 2 is 2.35 bits per heavy atom. The molecule has 0 atom stereocenters. The van der Waals surface area contributed by atoms with Gasteiger partial charge in [-0.1, -0.05) is 11.6 Å². The van der Waals surface area contributed by atoms with Crippen LogP contribution in [-0.2, 0) is 16.0 Å². The lowest BCUT2D eigenvalue weighted by atomic mass is 10.2. The quantitative estimate of drug-likeness (QED) is 0.787. The van der Waals surface area contributed by atoms with E-state index in [1.54, 1.807) is 0 Å². The zero-order valence-corrected chi connectivity index (χ0v) is 13.8. The lowest BCUT2D eigenvalue weighted by molar-refractivity contribution is -0.140. The minimum Gasteiger partial charge on any atom is -0.469 e. The maximum Gasteiger partial charge on any atom is 0.305 e.